The number of hydrogen-bond donors (Lipinski definition) is 1. The van der Waals surface area contributed by atoms with Crippen molar-refractivity contribution in [2.24, 2.45) is 0 Å². The number of hydrogen-bond acceptors (Lipinski definition) is 5. The number of halogens is 1. The summed E-state index contributed by atoms with van der Waals surface area (Å²) < 4.78 is 14.7. The Morgan fingerprint density at radius 1 is 1.00 bits per heavy atom. The first kappa shape index (κ1) is 17.1. The molecule has 0 atom stereocenters. The summed E-state index contributed by atoms with van der Waals surface area (Å²) in [6.07, 6.45) is 8.26. The molecule has 2 aromatic heterocycles. The Bertz CT molecular complexity index is 933. The number of anilines is 2. The standard InChI is InChI=1S/C19H19FN6O/c20-14-4-6-15(7-5-14)24-19(27)16-11-26(13-23-16)18-10-17(21-12-22-18)25-8-2-1-3-9-25/h4-7,10-13H,1-3,8-9H2,(H,24,27). The van der Waals surface area contributed by atoms with E-state index in [1.165, 1.54) is 37.0 Å². The number of piperidine rings is 1. The summed E-state index contributed by atoms with van der Waals surface area (Å²) in [5.41, 5.74) is 0.753. The van der Waals surface area contributed by atoms with Crippen molar-refractivity contribution < 1.29 is 9.18 Å². The van der Waals surface area contributed by atoms with Crippen molar-refractivity contribution >= 4 is 17.4 Å². The molecule has 3 heterocycles. The van der Waals surface area contributed by atoms with E-state index in [0.29, 0.717) is 11.5 Å². The Labute approximate surface area is 155 Å². The van der Waals surface area contributed by atoms with Crippen LogP contribution < -0.4 is 10.2 Å². The van der Waals surface area contributed by atoms with Crippen LogP contribution in [0.1, 0.15) is 29.8 Å². The summed E-state index contributed by atoms with van der Waals surface area (Å²) in [5, 5.41) is 2.69. The molecule has 0 unspecified atom stereocenters. The fraction of sp³-hybridized carbons (Fsp3) is 0.263. The second kappa shape index (κ2) is 7.53. The maximum absolute atomic E-state index is 13.0. The zero-order valence-corrected chi connectivity index (χ0v) is 14.7. The van der Waals surface area contributed by atoms with Gasteiger partial charge < -0.3 is 10.2 Å². The number of amides is 1. The number of nitrogens with one attached hydrogen (secondary N) is 1. The monoisotopic (exact) mass is 366 g/mol. The number of benzene rings is 1. The van der Waals surface area contributed by atoms with Gasteiger partial charge in [0.1, 0.15) is 35.8 Å². The first-order valence-corrected chi connectivity index (χ1v) is 8.87. The molecule has 1 fully saturated rings. The number of nitrogens with zero attached hydrogens (tertiary/aromatic N) is 5. The molecule has 4 rings (SSSR count). The predicted molar refractivity (Wildman–Crippen MR) is 99.6 cm³/mol. The van der Waals surface area contributed by atoms with Gasteiger partial charge in [-0.3, -0.25) is 9.36 Å². The van der Waals surface area contributed by atoms with Crippen molar-refractivity contribution in [2.75, 3.05) is 23.3 Å². The zero-order valence-electron chi connectivity index (χ0n) is 14.7. The maximum atomic E-state index is 13.0. The van der Waals surface area contributed by atoms with E-state index < -0.39 is 0 Å². The highest BCUT2D eigenvalue weighted by atomic mass is 19.1. The van der Waals surface area contributed by atoms with Crippen molar-refractivity contribution in [3.8, 4) is 5.82 Å². The second-order valence-corrected chi connectivity index (χ2v) is 6.41. The van der Waals surface area contributed by atoms with Gasteiger partial charge in [-0.2, -0.15) is 0 Å². The average Bonchev–Trinajstić information content (AvgIpc) is 3.21. The van der Waals surface area contributed by atoms with Gasteiger partial charge in [-0.1, -0.05) is 0 Å². The van der Waals surface area contributed by atoms with Crippen molar-refractivity contribution in [3.63, 3.8) is 0 Å². The SMILES string of the molecule is O=C(Nc1ccc(F)cc1)c1cn(-c2cc(N3CCCCC3)ncn2)cn1. The number of imidazole rings is 1. The van der Waals surface area contributed by atoms with Crippen molar-refractivity contribution in [2.45, 2.75) is 19.3 Å². The third kappa shape index (κ3) is 3.94. The van der Waals surface area contributed by atoms with Crippen LogP contribution in [0.2, 0.25) is 0 Å². The summed E-state index contributed by atoms with van der Waals surface area (Å²) in [6, 6.07) is 7.47. The number of carbonyl (C=O) groups excluding carboxylic acids is 1. The van der Waals surface area contributed by atoms with E-state index in [4.69, 9.17) is 0 Å². The summed E-state index contributed by atoms with van der Waals surface area (Å²) in [5.74, 6) is 0.806. The van der Waals surface area contributed by atoms with Gasteiger partial charge in [0.2, 0.25) is 0 Å². The number of carbonyl (C=O) groups is 1. The molecule has 0 saturated carbocycles. The molecular weight excluding hydrogens is 347 g/mol. The van der Waals surface area contributed by atoms with Crippen LogP contribution in [0.15, 0.2) is 49.2 Å². The van der Waals surface area contributed by atoms with E-state index >= 15 is 0 Å². The topological polar surface area (TPSA) is 75.9 Å². The Hall–Kier alpha value is -3.29. The van der Waals surface area contributed by atoms with Gasteiger partial charge in [-0.05, 0) is 43.5 Å². The maximum Gasteiger partial charge on any atom is 0.275 e. The molecule has 0 radical (unpaired) electrons. The van der Waals surface area contributed by atoms with Crippen LogP contribution in [-0.2, 0) is 0 Å². The fourth-order valence-electron chi connectivity index (χ4n) is 3.07. The molecular formula is C19H19FN6O. The molecule has 1 aliphatic rings. The lowest BCUT2D eigenvalue weighted by molar-refractivity contribution is 0.102. The molecule has 8 heteroatoms. The van der Waals surface area contributed by atoms with E-state index in [-0.39, 0.29) is 17.4 Å². The molecule has 7 nitrogen and oxygen atoms in total. The molecule has 0 bridgehead atoms. The van der Waals surface area contributed by atoms with Gasteiger partial charge in [0.25, 0.3) is 5.91 Å². The summed E-state index contributed by atoms with van der Waals surface area (Å²) in [7, 11) is 0. The van der Waals surface area contributed by atoms with Crippen LogP contribution in [0.4, 0.5) is 15.9 Å². The van der Waals surface area contributed by atoms with Gasteiger partial charge in [0.05, 0.1) is 0 Å². The van der Waals surface area contributed by atoms with Gasteiger partial charge >= 0.3 is 0 Å². The normalized spacial score (nSPS) is 14.2. The third-order valence-corrected chi connectivity index (χ3v) is 4.50. The van der Waals surface area contributed by atoms with Crippen LogP contribution in [-0.4, -0.2) is 38.5 Å². The predicted octanol–water partition coefficient (Wildman–Crippen LogP) is 3.04. The molecule has 0 aliphatic carbocycles. The minimum atomic E-state index is -0.370. The Morgan fingerprint density at radius 3 is 2.52 bits per heavy atom. The first-order valence-electron chi connectivity index (χ1n) is 8.87. The summed E-state index contributed by atoms with van der Waals surface area (Å²) in [6.45, 7) is 1.98. The number of aromatic nitrogens is 4. The van der Waals surface area contributed by atoms with Crippen molar-refractivity contribution in [1.82, 2.24) is 19.5 Å². The van der Waals surface area contributed by atoms with Crippen LogP contribution in [0.5, 0.6) is 0 Å². The van der Waals surface area contributed by atoms with Crippen LogP contribution in [0.3, 0.4) is 0 Å². The Morgan fingerprint density at radius 2 is 1.74 bits per heavy atom. The lowest BCUT2D eigenvalue weighted by Crippen LogP contribution is -2.30. The first-order chi connectivity index (χ1) is 13.2. The lowest BCUT2D eigenvalue weighted by Gasteiger charge is -2.27. The Kier molecular flexibility index (Phi) is 4.78. The number of rotatable bonds is 4. The van der Waals surface area contributed by atoms with E-state index in [0.717, 1.165) is 31.7 Å². The molecule has 1 saturated heterocycles. The van der Waals surface area contributed by atoms with Crippen LogP contribution in [0, 0.1) is 5.82 Å². The average molecular weight is 366 g/mol. The highest BCUT2D eigenvalue weighted by Gasteiger charge is 2.15. The van der Waals surface area contributed by atoms with Crippen molar-refractivity contribution in [1.29, 1.82) is 0 Å². The third-order valence-electron chi connectivity index (χ3n) is 4.50. The second-order valence-electron chi connectivity index (χ2n) is 6.41. The van der Waals surface area contributed by atoms with Gasteiger partial charge in [0.15, 0.2) is 0 Å². The lowest BCUT2D eigenvalue weighted by atomic mass is 10.1. The van der Waals surface area contributed by atoms with E-state index in [1.807, 2.05) is 6.07 Å². The van der Waals surface area contributed by atoms with E-state index in [1.54, 1.807) is 17.1 Å². The van der Waals surface area contributed by atoms with Gasteiger partial charge in [-0.15, -0.1) is 0 Å². The van der Waals surface area contributed by atoms with Gasteiger partial charge in [-0.25, -0.2) is 19.3 Å². The molecule has 3 aromatic rings. The summed E-state index contributed by atoms with van der Waals surface area (Å²) in [4.78, 5) is 27.4. The Balaban J connectivity index is 1.50. The molecule has 1 amide bonds. The fourth-order valence-corrected chi connectivity index (χ4v) is 3.07. The minimum absolute atomic E-state index is 0.248. The van der Waals surface area contributed by atoms with Crippen molar-refractivity contribution in [3.05, 3.63) is 60.7 Å². The van der Waals surface area contributed by atoms with E-state index in [9.17, 15) is 9.18 Å². The quantitative estimate of drug-likeness (QED) is 0.768. The summed E-state index contributed by atoms with van der Waals surface area (Å²) >= 11 is 0. The molecule has 27 heavy (non-hydrogen) atoms. The highest BCUT2D eigenvalue weighted by molar-refractivity contribution is 6.02. The van der Waals surface area contributed by atoms with E-state index in [2.05, 4.69) is 25.2 Å². The largest absolute Gasteiger partial charge is 0.356 e. The molecule has 1 aromatic carbocycles. The molecule has 0 spiro atoms. The molecule has 138 valence electrons. The van der Waals surface area contributed by atoms with Gasteiger partial charge in [0, 0.05) is 31.0 Å². The minimum Gasteiger partial charge on any atom is -0.356 e. The highest BCUT2D eigenvalue weighted by Crippen LogP contribution is 2.19. The molecule has 1 N–H and O–H groups in total. The smallest absolute Gasteiger partial charge is 0.275 e. The van der Waals surface area contributed by atoms with Crippen LogP contribution >= 0.6 is 0 Å². The zero-order chi connectivity index (χ0) is 18.6. The molecule has 1 aliphatic heterocycles. The van der Waals surface area contributed by atoms with Crippen LogP contribution in [0.25, 0.3) is 5.82 Å².